The van der Waals surface area contributed by atoms with E-state index in [1.165, 1.54) is 11.1 Å². The zero-order valence-electron chi connectivity index (χ0n) is 16.2. The van der Waals surface area contributed by atoms with Gasteiger partial charge in [-0.3, -0.25) is 4.79 Å². The molecule has 3 aromatic rings. The van der Waals surface area contributed by atoms with Gasteiger partial charge in [0.2, 0.25) is 5.91 Å². The van der Waals surface area contributed by atoms with Crippen LogP contribution >= 0.6 is 0 Å². The quantitative estimate of drug-likeness (QED) is 0.683. The number of carbonyl (C=O) groups excluding carboxylic acids is 1. The van der Waals surface area contributed by atoms with Crippen molar-refractivity contribution in [2.24, 2.45) is 0 Å². The molecule has 0 aliphatic heterocycles. The van der Waals surface area contributed by atoms with Crippen molar-refractivity contribution in [2.75, 3.05) is 18.5 Å². The standard InChI is InChI=1S/C21H25N3O3/c1-5-26-16-7-8-20(27-6-2)18(11-16)23-21(25)12-24-13-22-17-9-14(3)15(4)10-19(17)24/h7-11,13H,5-6,12H2,1-4H3,(H,23,25). The lowest BCUT2D eigenvalue weighted by molar-refractivity contribution is -0.116. The predicted molar refractivity (Wildman–Crippen MR) is 107 cm³/mol. The Balaban J connectivity index is 1.81. The van der Waals surface area contributed by atoms with Crippen molar-refractivity contribution in [2.45, 2.75) is 34.2 Å². The number of fused-ring (bicyclic) bond motifs is 1. The van der Waals surface area contributed by atoms with E-state index in [1.807, 2.05) is 36.6 Å². The summed E-state index contributed by atoms with van der Waals surface area (Å²) in [5, 5.41) is 2.93. The zero-order chi connectivity index (χ0) is 19.4. The monoisotopic (exact) mass is 367 g/mol. The highest BCUT2D eigenvalue weighted by molar-refractivity contribution is 5.93. The van der Waals surface area contributed by atoms with Crippen LogP contribution in [0.1, 0.15) is 25.0 Å². The Morgan fingerprint density at radius 3 is 2.56 bits per heavy atom. The van der Waals surface area contributed by atoms with Gasteiger partial charge in [0.05, 0.1) is 36.3 Å². The summed E-state index contributed by atoms with van der Waals surface area (Å²) in [5.74, 6) is 1.16. The molecule has 1 heterocycles. The number of aromatic nitrogens is 2. The Hall–Kier alpha value is -3.02. The van der Waals surface area contributed by atoms with Crippen molar-refractivity contribution in [3.05, 3.63) is 47.8 Å². The molecule has 6 heteroatoms. The van der Waals surface area contributed by atoms with Crippen molar-refractivity contribution >= 4 is 22.6 Å². The number of amides is 1. The van der Waals surface area contributed by atoms with Gasteiger partial charge in [-0.05, 0) is 63.1 Å². The van der Waals surface area contributed by atoms with Crippen LogP contribution in [0.4, 0.5) is 5.69 Å². The van der Waals surface area contributed by atoms with Gasteiger partial charge < -0.3 is 19.4 Å². The van der Waals surface area contributed by atoms with Gasteiger partial charge in [-0.15, -0.1) is 0 Å². The first kappa shape index (κ1) is 18.8. The van der Waals surface area contributed by atoms with Crippen molar-refractivity contribution in [1.29, 1.82) is 0 Å². The lowest BCUT2D eigenvalue weighted by Gasteiger charge is -2.14. The molecule has 1 amide bonds. The maximum atomic E-state index is 12.6. The molecular formula is C21H25N3O3. The lowest BCUT2D eigenvalue weighted by atomic mass is 10.1. The predicted octanol–water partition coefficient (Wildman–Crippen LogP) is 4.09. The van der Waals surface area contributed by atoms with E-state index in [0.717, 1.165) is 11.0 Å². The fourth-order valence-electron chi connectivity index (χ4n) is 2.93. The minimum atomic E-state index is -0.151. The molecule has 6 nitrogen and oxygen atoms in total. The summed E-state index contributed by atoms with van der Waals surface area (Å²) in [6, 6.07) is 9.53. The van der Waals surface area contributed by atoms with E-state index in [0.29, 0.717) is 30.4 Å². The molecule has 3 rings (SSSR count). The highest BCUT2D eigenvalue weighted by Gasteiger charge is 2.12. The van der Waals surface area contributed by atoms with E-state index < -0.39 is 0 Å². The van der Waals surface area contributed by atoms with Crippen LogP contribution in [0.3, 0.4) is 0 Å². The largest absolute Gasteiger partial charge is 0.494 e. The van der Waals surface area contributed by atoms with Crippen molar-refractivity contribution in [3.8, 4) is 11.5 Å². The van der Waals surface area contributed by atoms with Crippen LogP contribution in [-0.4, -0.2) is 28.7 Å². The molecule has 0 unspecified atom stereocenters. The molecule has 1 N–H and O–H groups in total. The first-order chi connectivity index (χ1) is 13.0. The number of ether oxygens (including phenoxy) is 2. The second-order valence-corrected chi connectivity index (χ2v) is 6.37. The van der Waals surface area contributed by atoms with E-state index >= 15 is 0 Å². The Morgan fingerprint density at radius 2 is 1.81 bits per heavy atom. The number of benzene rings is 2. The Labute approximate surface area is 159 Å². The van der Waals surface area contributed by atoms with Crippen molar-refractivity contribution < 1.29 is 14.3 Å². The third-order valence-corrected chi connectivity index (χ3v) is 4.39. The first-order valence-electron chi connectivity index (χ1n) is 9.13. The molecule has 0 fully saturated rings. The Kier molecular flexibility index (Phi) is 5.64. The number of nitrogens with zero attached hydrogens (tertiary/aromatic N) is 2. The maximum Gasteiger partial charge on any atom is 0.244 e. The van der Waals surface area contributed by atoms with Crippen LogP contribution in [0.25, 0.3) is 11.0 Å². The summed E-state index contributed by atoms with van der Waals surface area (Å²) in [7, 11) is 0. The highest BCUT2D eigenvalue weighted by Crippen LogP contribution is 2.29. The minimum absolute atomic E-state index is 0.151. The van der Waals surface area contributed by atoms with Crippen molar-refractivity contribution in [1.82, 2.24) is 9.55 Å². The number of hydrogen-bond donors (Lipinski definition) is 1. The van der Waals surface area contributed by atoms with Gasteiger partial charge >= 0.3 is 0 Å². The number of imidazole rings is 1. The maximum absolute atomic E-state index is 12.6. The molecule has 27 heavy (non-hydrogen) atoms. The summed E-state index contributed by atoms with van der Waals surface area (Å²) >= 11 is 0. The summed E-state index contributed by atoms with van der Waals surface area (Å²) in [6.45, 7) is 9.18. The number of nitrogens with one attached hydrogen (secondary N) is 1. The van der Waals surface area contributed by atoms with Gasteiger partial charge in [0.15, 0.2) is 0 Å². The summed E-state index contributed by atoms with van der Waals surface area (Å²) < 4.78 is 13.0. The fourth-order valence-corrected chi connectivity index (χ4v) is 2.93. The molecule has 0 saturated heterocycles. The number of hydrogen-bond acceptors (Lipinski definition) is 4. The van der Waals surface area contributed by atoms with Crippen LogP contribution in [0.5, 0.6) is 11.5 Å². The molecule has 2 aromatic carbocycles. The van der Waals surface area contributed by atoms with E-state index in [-0.39, 0.29) is 12.5 Å². The number of anilines is 1. The SMILES string of the molecule is CCOc1ccc(OCC)c(NC(=O)Cn2cnc3cc(C)c(C)cc32)c1. The van der Waals surface area contributed by atoms with Crippen LogP contribution in [0, 0.1) is 13.8 Å². The van der Waals surface area contributed by atoms with Crippen LogP contribution < -0.4 is 14.8 Å². The minimum Gasteiger partial charge on any atom is -0.494 e. The second-order valence-electron chi connectivity index (χ2n) is 6.37. The summed E-state index contributed by atoms with van der Waals surface area (Å²) in [6.07, 6.45) is 1.70. The smallest absolute Gasteiger partial charge is 0.244 e. The lowest BCUT2D eigenvalue weighted by Crippen LogP contribution is -2.19. The van der Waals surface area contributed by atoms with E-state index in [4.69, 9.17) is 9.47 Å². The third-order valence-electron chi connectivity index (χ3n) is 4.39. The molecule has 142 valence electrons. The van der Waals surface area contributed by atoms with Gasteiger partial charge in [0.1, 0.15) is 18.0 Å². The van der Waals surface area contributed by atoms with Crippen LogP contribution in [0.2, 0.25) is 0 Å². The molecule has 0 atom stereocenters. The van der Waals surface area contributed by atoms with Gasteiger partial charge in [-0.2, -0.15) is 0 Å². The number of carbonyl (C=O) groups is 1. The topological polar surface area (TPSA) is 65.4 Å². The molecular weight excluding hydrogens is 342 g/mol. The van der Waals surface area contributed by atoms with Crippen LogP contribution in [0.15, 0.2) is 36.7 Å². The number of aryl methyl sites for hydroxylation is 2. The van der Waals surface area contributed by atoms with Crippen molar-refractivity contribution in [3.63, 3.8) is 0 Å². The number of rotatable bonds is 7. The van der Waals surface area contributed by atoms with Gasteiger partial charge in [0.25, 0.3) is 0 Å². The van der Waals surface area contributed by atoms with Crippen LogP contribution in [-0.2, 0) is 11.3 Å². The summed E-state index contributed by atoms with van der Waals surface area (Å²) in [4.78, 5) is 17.0. The molecule has 0 saturated carbocycles. The molecule has 0 aliphatic rings. The Bertz CT molecular complexity index is 963. The molecule has 0 bridgehead atoms. The van der Waals surface area contributed by atoms with Gasteiger partial charge in [-0.1, -0.05) is 0 Å². The summed E-state index contributed by atoms with van der Waals surface area (Å²) in [5.41, 5.74) is 4.80. The third kappa shape index (κ3) is 4.22. The average molecular weight is 367 g/mol. The molecule has 1 aromatic heterocycles. The van der Waals surface area contributed by atoms with Gasteiger partial charge in [-0.25, -0.2) is 4.98 Å². The van der Waals surface area contributed by atoms with Gasteiger partial charge in [0, 0.05) is 6.07 Å². The molecule has 0 aliphatic carbocycles. The molecule has 0 spiro atoms. The fraction of sp³-hybridized carbons (Fsp3) is 0.333. The Morgan fingerprint density at radius 1 is 1.07 bits per heavy atom. The highest BCUT2D eigenvalue weighted by atomic mass is 16.5. The first-order valence-corrected chi connectivity index (χ1v) is 9.13. The molecule has 0 radical (unpaired) electrons. The van der Waals surface area contributed by atoms with E-state index in [2.05, 4.69) is 30.2 Å². The van der Waals surface area contributed by atoms with E-state index in [9.17, 15) is 4.79 Å². The normalized spacial score (nSPS) is 10.8. The van der Waals surface area contributed by atoms with E-state index in [1.54, 1.807) is 12.4 Å². The zero-order valence-corrected chi connectivity index (χ0v) is 16.2. The average Bonchev–Trinajstić information content (AvgIpc) is 2.99. The second kappa shape index (κ2) is 8.12.